The molecule has 0 fully saturated rings. The Balaban J connectivity index is 2.86. The van der Waals surface area contributed by atoms with Crippen molar-refractivity contribution in [1.82, 2.24) is 4.72 Å². The smallest absolute Gasteiger partial charge is 0.240 e. The quantitative estimate of drug-likeness (QED) is 0.778. The summed E-state index contributed by atoms with van der Waals surface area (Å²) in [5, 5.41) is 0. The number of hydrogen-bond donors (Lipinski definition) is 2. The van der Waals surface area contributed by atoms with Crippen LogP contribution in [0.4, 0.5) is 0 Å². The fourth-order valence-electron chi connectivity index (χ4n) is 1.55. The normalized spacial score (nSPS) is 15.1. The third kappa shape index (κ3) is 5.02. The number of rotatable bonds is 7. The molecule has 0 aromatic heterocycles. The Morgan fingerprint density at radius 1 is 1.42 bits per heavy atom. The van der Waals surface area contributed by atoms with E-state index in [9.17, 15) is 12.6 Å². The second-order valence-electron chi connectivity index (χ2n) is 4.26. The van der Waals surface area contributed by atoms with Crippen molar-refractivity contribution in [3.63, 3.8) is 0 Å². The topological polar surface area (TPSA) is 89.3 Å². The van der Waals surface area contributed by atoms with Crippen LogP contribution >= 0.6 is 0 Å². The van der Waals surface area contributed by atoms with E-state index in [1.54, 1.807) is 12.1 Å². The molecule has 0 aliphatic heterocycles. The Kier molecular flexibility index (Phi) is 6.12. The summed E-state index contributed by atoms with van der Waals surface area (Å²) < 4.78 is 37.4. The van der Waals surface area contributed by atoms with Gasteiger partial charge in [0.2, 0.25) is 10.0 Å². The Hall–Kier alpha value is -0.760. The summed E-state index contributed by atoms with van der Waals surface area (Å²) in [4.78, 5) is 0.191. The average Bonchev–Trinajstić information content (AvgIpc) is 2.37. The van der Waals surface area contributed by atoms with Crippen LogP contribution < -0.4 is 10.5 Å². The highest BCUT2D eigenvalue weighted by molar-refractivity contribution is 7.89. The van der Waals surface area contributed by atoms with Crippen LogP contribution in [0.3, 0.4) is 0 Å². The summed E-state index contributed by atoms with van der Waals surface area (Å²) in [6, 6.07) is 6.43. The Morgan fingerprint density at radius 3 is 2.68 bits per heavy atom. The van der Waals surface area contributed by atoms with Crippen LogP contribution in [0, 0.1) is 0 Å². The highest BCUT2D eigenvalue weighted by Crippen LogP contribution is 2.17. The van der Waals surface area contributed by atoms with Gasteiger partial charge in [-0.2, -0.15) is 0 Å². The molecule has 0 saturated heterocycles. The predicted octanol–water partition coefficient (Wildman–Crippen LogP) is 0.753. The fourth-order valence-corrected chi connectivity index (χ4v) is 3.16. The highest BCUT2D eigenvalue weighted by atomic mass is 32.2. The van der Waals surface area contributed by atoms with Crippen molar-refractivity contribution in [1.29, 1.82) is 0 Å². The standard InChI is InChI=1S/C12H20N2O3S2/c1-3-12(13)10-5-4-6-11(9-10)19(16,17)14-7-8-18(2)15/h4-6,9,12,14H,3,7-8,13H2,1-2H3. The maximum absolute atomic E-state index is 12.0. The molecule has 0 bridgehead atoms. The first-order valence-electron chi connectivity index (χ1n) is 6.02. The molecule has 0 aliphatic carbocycles. The van der Waals surface area contributed by atoms with E-state index in [1.807, 2.05) is 13.0 Å². The fraction of sp³-hybridized carbons (Fsp3) is 0.500. The van der Waals surface area contributed by atoms with Crippen LogP contribution in [0.2, 0.25) is 0 Å². The van der Waals surface area contributed by atoms with Gasteiger partial charge in [-0.1, -0.05) is 19.1 Å². The third-order valence-corrected chi connectivity index (χ3v) is 4.96. The Bertz CT molecular complexity index is 544. The highest BCUT2D eigenvalue weighted by Gasteiger charge is 2.15. The van der Waals surface area contributed by atoms with E-state index in [2.05, 4.69) is 4.72 Å². The second kappa shape index (κ2) is 7.14. The molecule has 0 radical (unpaired) electrons. The first kappa shape index (κ1) is 16.3. The van der Waals surface area contributed by atoms with Gasteiger partial charge in [0.25, 0.3) is 0 Å². The lowest BCUT2D eigenvalue weighted by Gasteiger charge is -2.11. The molecule has 0 saturated carbocycles. The van der Waals surface area contributed by atoms with Crippen molar-refractivity contribution in [2.75, 3.05) is 18.6 Å². The summed E-state index contributed by atoms with van der Waals surface area (Å²) >= 11 is 0. The van der Waals surface area contributed by atoms with Gasteiger partial charge in [0.05, 0.1) is 4.90 Å². The Morgan fingerprint density at radius 2 is 2.11 bits per heavy atom. The number of sulfonamides is 1. The van der Waals surface area contributed by atoms with Crippen LogP contribution in [-0.2, 0) is 20.8 Å². The van der Waals surface area contributed by atoms with Crippen molar-refractivity contribution in [3.05, 3.63) is 29.8 Å². The SMILES string of the molecule is CCC(N)c1cccc(S(=O)(=O)NCCS(C)=O)c1. The first-order chi connectivity index (χ1) is 8.86. The molecule has 19 heavy (non-hydrogen) atoms. The molecule has 0 amide bonds. The molecule has 0 aliphatic rings. The minimum atomic E-state index is -3.56. The van der Waals surface area contributed by atoms with Gasteiger partial charge in [-0.25, -0.2) is 13.1 Å². The lowest BCUT2D eigenvalue weighted by atomic mass is 10.1. The molecule has 1 aromatic rings. The molecule has 0 spiro atoms. The lowest BCUT2D eigenvalue weighted by Crippen LogP contribution is -2.28. The summed E-state index contributed by atoms with van der Waals surface area (Å²) in [6.07, 6.45) is 2.28. The van der Waals surface area contributed by atoms with Gasteiger partial charge >= 0.3 is 0 Å². The number of nitrogens with two attached hydrogens (primary N) is 1. The largest absolute Gasteiger partial charge is 0.324 e. The van der Waals surface area contributed by atoms with Crippen molar-refractivity contribution < 1.29 is 12.6 Å². The van der Waals surface area contributed by atoms with Crippen LogP contribution in [-0.4, -0.2) is 31.2 Å². The summed E-state index contributed by atoms with van der Waals surface area (Å²) in [7, 11) is -4.58. The molecule has 1 aromatic carbocycles. The van der Waals surface area contributed by atoms with Gasteiger partial charge in [0.15, 0.2) is 0 Å². The maximum atomic E-state index is 12.0. The average molecular weight is 304 g/mol. The second-order valence-corrected chi connectivity index (χ2v) is 7.58. The van der Waals surface area contributed by atoms with E-state index < -0.39 is 20.8 Å². The van der Waals surface area contributed by atoms with Crippen LogP contribution in [0.15, 0.2) is 29.2 Å². The zero-order valence-corrected chi connectivity index (χ0v) is 12.8. The molecule has 0 heterocycles. The van der Waals surface area contributed by atoms with E-state index in [0.717, 1.165) is 12.0 Å². The molecule has 5 nitrogen and oxygen atoms in total. The molecule has 3 N–H and O–H groups in total. The number of hydrogen-bond acceptors (Lipinski definition) is 4. The first-order valence-corrected chi connectivity index (χ1v) is 9.23. The molecule has 7 heteroatoms. The van der Waals surface area contributed by atoms with Gasteiger partial charge in [-0.3, -0.25) is 4.21 Å². The molecule has 2 unspecified atom stereocenters. The van der Waals surface area contributed by atoms with Crippen LogP contribution in [0.5, 0.6) is 0 Å². The lowest BCUT2D eigenvalue weighted by molar-refractivity contribution is 0.583. The molecule has 108 valence electrons. The minimum absolute atomic E-state index is 0.162. The van der Waals surface area contributed by atoms with Crippen molar-refractivity contribution in [3.8, 4) is 0 Å². The van der Waals surface area contributed by atoms with Gasteiger partial charge < -0.3 is 5.73 Å². The monoisotopic (exact) mass is 304 g/mol. The van der Waals surface area contributed by atoms with Crippen LogP contribution in [0.1, 0.15) is 24.9 Å². The van der Waals surface area contributed by atoms with E-state index in [1.165, 1.54) is 12.3 Å². The van der Waals surface area contributed by atoms with Gasteiger partial charge in [0, 0.05) is 35.4 Å². The number of nitrogens with one attached hydrogen (secondary N) is 1. The predicted molar refractivity (Wildman–Crippen MR) is 77.8 cm³/mol. The number of benzene rings is 1. The maximum Gasteiger partial charge on any atom is 0.240 e. The van der Waals surface area contributed by atoms with Gasteiger partial charge in [-0.05, 0) is 24.1 Å². The van der Waals surface area contributed by atoms with Gasteiger partial charge in [0.1, 0.15) is 0 Å². The van der Waals surface area contributed by atoms with Crippen LogP contribution in [0.25, 0.3) is 0 Å². The molecule has 1 rings (SSSR count). The van der Waals surface area contributed by atoms with Crippen molar-refractivity contribution in [2.24, 2.45) is 5.73 Å². The van der Waals surface area contributed by atoms with E-state index >= 15 is 0 Å². The van der Waals surface area contributed by atoms with E-state index in [0.29, 0.717) is 5.75 Å². The molecule has 2 atom stereocenters. The van der Waals surface area contributed by atoms with E-state index in [-0.39, 0.29) is 17.5 Å². The summed E-state index contributed by atoms with van der Waals surface area (Å²) in [6.45, 7) is 2.11. The van der Waals surface area contributed by atoms with E-state index in [4.69, 9.17) is 5.73 Å². The molecular weight excluding hydrogens is 284 g/mol. The van der Waals surface area contributed by atoms with Crippen molar-refractivity contribution in [2.45, 2.75) is 24.3 Å². The zero-order valence-electron chi connectivity index (χ0n) is 11.1. The summed E-state index contributed by atoms with van der Waals surface area (Å²) in [5.74, 6) is 0.299. The summed E-state index contributed by atoms with van der Waals surface area (Å²) in [5.41, 5.74) is 6.69. The third-order valence-electron chi connectivity index (χ3n) is 2.72. The minimum Gasteiger partial charge on any atom is -0.324 e. The Labute approximate surface area is 117 Å². The molecular formula is C12H20N2O3S2. The van der Waals surface area contributed by atoms with Crippen molar-refractivity contribution >= 4 is 20.8 Å². The zero-order chi connectivity index (χ0) is 14.5. The van der Waals surface area contributed by atoms with Gasteiger partial charge in [-0.15, -0.1) is 0 Å².